The Kier molecular flexibility index (Phi) is 4.86. The molecule has 0 spiro atoms. The fourth-order valence-electron chi connectivity index (χ4n) is 1.56. The van der Waals surface area contributed by atoms with Gasteiger partial charge in [0, 0.05) is 26.0 Å². The van der Waals surface area contributed by atoms with Crippen molar-refractivity contribution in [2.45, 2.75) is 6.42 Å². The molecule has 98 valence electrons. The van der Waals surface area contributed by atoms with Crippen LogP contribution >= 0.6 is 47.8 Å². The molecule has 1 heterocycles. The van der Waals surface area contributed by atoms with Crippen LogP contribution in [0.2, 0.25) is 0 Å². The zero-order chi connectivity index (χ0) is 14.0. The number of ketones is 1. The predicted octanol–water partition coefficient (Wildman–Crippen LogP) is 4.93. The van der Waals surface area contributed by atoms with Crippen LogP contribution in [0.4, 0.5) is 4.39 Å². The summed E-state index contributed by atoms with van der Waals surface area (Å²) < 4.78 is 15.3. The van der Waals surface area contributed by atoms with E-state index in [0.29, 0.717) is 20.2 Å². The molecule has 0 aliphatic carbocycles. The van der Waals surface area contributed by atoms with Crippen LogP contribution in [0, 0.1) is 5.82 Å². The van der Waals surface area contributed by atoms with Gasteiger partial charge in [0.2, 0.25) is 0 Å². The molecule has 2 aromatic rings. The van der Waals surface area contributed by atoms with Crippen LogP contribution < -0.4 is 0 Å². The van der Waals surface area contributed by atoms with Gasteiger partial charge >= 0.3 is 0 Å². The van der Waals surface area contributed by atoms with E-state index in [1.165, 1.54) is 12.1 Å². The zero-order valence-corrected chi connectivity index (χ0v) is 14.2. The zero-order valence-electron chi connectivity index (χ0n) is 9.46. The van der Waals surface area contributed by atoms with Crippen LogP contribution in [0.3, 0.4) is 0 Å². The SMILES string of the molecule is O=C(Cc1cc(F)ccc1Br)c1ncc(Br)cc1Br. The third-order valence-electron chi connectivity index (χ3n) is 2.43. The number of rotatable bonds is 3. The van der Waals surface area contributed by atoms with Crippen molar-refractivity contribution in [1.29, 1.82) is 0 Å². The second-order valence-electron chi connectivity index (χ2n) is 3.82. The molecule has 2 rings (SSSR count). The molecule has 0 fully saturated rings. The highest BCUT2D eigenvalue weighted by Crippen LogP contribution is 2.23. The monoisotopic (exact) mass is 449 g/mol. The predicted molar refractivity (Wildman–Crippen MR) is 81.8 cm³/mol. The summed E-state index contributed by atoms with van der Waals surface area (Å²) in [5.41, 5.74) is 0.931. The number of aromatic nitrogens is 1. The molecule has 0 aliphatic rings. The molecular weight excluding hydrogens is 445 g/mol. The van der Waals surface area contributed by atoms with Gasteiger partial charge in [-0.15, -0.1) is 0 Å². The van der Waals surface area contributed by atoms with Gasteiger partial charge in [0.1, 0.15) is 11.5 Å². The maximum absolute atomic E-state index is 13.2. The fourth-order valence-corrected chi connectivity index (χ4v) is 3.15. The number of nitrogens with zero attached hydrogens (tertiary/aromatic N) is 1. The van der Waals surface area contributed by atoms with Crippen molar-refractivity contribution in [1.82, 2.24) is 4.98 Å². The van der Waals surface area contributed by atoms with Gasteiger partial charge in [-0.2, -0.15) is 0 Å². The van der Waals surface area contributed by atoms with Crippen molar-refractivity contribution in [3.05, 3.63) is 61.0 Å². The van der Waals surface area contributed by atoms with E-state index in [2.05, 4.69) is 52.8 Å². The molecule has 2 nitrogen and oxygen atoms in total. The van der Waals surface area contributed by atoms with Gasteiger partial charge in [-0.05, 0) is 61.7 Å². The maximum Gasteiger partial charge on any atom is 0.186 e. The molecule has 19 heavy (non-hydrogen) atoms. The number of carbonyl (C=O) groups is 1. The lowest BCUT2D eigenvalue weighted by Crippen LogP contribution is -2.07. The minimum atomic E-state index is -0.367. The van der Waals surface area contributed by atoms with Crippen molar-refractivity contribution in [2.24, 2.45) is 0 Å². The van der Waals surface area contributed by atoms with E-state index in [1.807, 2.05) is 0 Å². The van der Waals surface area contributed by atoms with Crippen molar-refractivity contribution < 1.29 is 9.18 Å². The van der Waals surface area contributed by atoms with Gasteiger partial charge < -0.3 is 0 Å². The Morgan fingerprint density at radius 2 is 1.89 bits per heavy atom. The number of halogens is 4. The minimum Gasteiger partial charge on any atom is -0.292 e. The number of benzene rings is 1. The first-order valence-electron chi connectivity index (χ1n) is 5.25. The van der Waals surface area contributed by atoms with Gasteiger partial charge in [0.05, 0.1) is 0 Å². The summed E-state index contributed by atoms with van der Waals surface area (Å²) in [6.45, 7) is 0. The molecule has 0 N–H and O–H groups in total. The first-order valence-corrected chi connectivity index (χ1v) is 7.63. The highest BCUT2D eigenvalue weighted by Gasteiger charge is 2.14. The van der Waals surface area contributed by atoms with Gasteiger partial charge in [-0.3, -0.25) is 9.78 Å². The summed E-state index contributed by atoms with van der Waals surface area (Å²) in [7, 11) is 0. The Balaban J connectivity index is 2.28. The van der Waals surface area contributed by atoms with E-state index < -0.39 is 0 Å². The average molecular weight is 452 g/mol. The molecule has 0 aliphatic heterocycles. The third kappa shape index (κ3) is 3.70. The van der Waals surface area contributed by atoms with E-state index in [0.717, 1.165) is 4.47 Å². The minimum absolute atomic E-state index is 0.0889. The second-order valence-corrected chi connectivity index (χ2v) is 6.44. The molecule has 0 saturated carbocycles. The van der Waals surface area contributed by atoms with Crippen molar-refractivity contribution in [3.8, 4) is 0 Å². The molecule has 0 saturated heterocycles. The van der Waals surface area contributed by atoms with Gasteiger partial charge in [0.15, 0.2) is 5.78 Å². The lowest BCUT2D eigenvalue weighted by Gasteiger charge is -2.06. The number of hydrogen-bond acceptors (Lipinski definition) is 2. The lowest BCUT2D eigenvalue weighted by molar-refractivity contribution is 0.0987. The third-order valence-corrected chi connectivity index (χ3v) is 4.24. The molecule has 0 amide bonds. The number of carbonyl (C=O) groups excluding carboxylic acids is 1. The Morgan fingerprint density at radius 1 is 1.16 bits per heavy atom. The van der Waals surface area contributed by atoms with Gasteiger partial charge in [0.25, 0.3) is 0 Å². The smallest absolute Gasteiger partial charge is 0.186 e. The Hall–Kier alpha value is -0.590. The molecule has 0 atom stereocenters. The molecule has 6 heteroatoms. The van der Waals surface area contributed by atoms with Gasteiger partial charge in [-0.25, -0.2) is 4.39 Å². The highest BCUT2D eigenvalue weighted by molar-refractivity contribution is 9.11. The number of pyridine rings is 1. The normalized spacial score (nSPS) is 10.5. The van der Waals surface area contributed by atoms with E-state index in [1.54, 1.807) is 18.3 Å². The molecule has 1 aromatic carbocycles. The van der Waals surface area contributed by atoms with Crippen LogP contribution in [0.1, 0.15) is 16.1 Å². The Morgan fingerprint density at radius 3 is 2.58 bits per heavy atom. The Labute approximate surface area is 134 Å². The van der Waals surface area contributed by atoms with Gasteiger partial charge in [-0.1, -0.05) is 15.9 Å². The van der Waals surface area contributed by atoms with E-state index in [4.69, 9.17) is 0 Å². The number of Topliss-reactive ketones (excluding diaryl/α,β-unsaturated/α-hetero) is 1. The number of hydrogen-bond donors (Lipinski definition) is 0. The summed E-state index contributed by atoms with van der Waals surface area (Å²) in [6, 6.07) is 6.02. The van der Waals surface area contributed by atoms with E-state index in [-0.39, 0.29) is 18.0 Å². The maximum atomic E-state index is 13.2. The van der Waals surface area contributed by atoms with E-state index in [9.17, 15) is 9.18 Å². The van der Waals surface area contributed by atoms with Crippen LogP contribution in [0.5, 0.6) is 0 Å². The summed E-state index contributed by atoms with van der Waals surface area (Å²) >= 11 is 9.87. The van der Waals surface area contributed by atoms with Crippen molar-refractivity contribution in [3.63, 3.8) is 0 Å². The summed E-state index contributed by atoms with van der Waals surface area (Å²) in [4.78, 5) is 16.2. The van der Waals surface area contributed by atoms with Crippen molar-refractivity contribution in [2.75, 3.05) is 0 Å². The highest BCUT2D eigenvalue weighted by atomic mass is 79.9. The van der Waals surface area contributed by atoms with Crippen LogP contribution in [-0.2, 0) is 6.42 Å². The largest absolute Gasteiger partial charge is 0.292 e. The molecule has 0 unspecified atom stereocenters. The first-order chi connectivity index (χ1) is 8.97. The van der Waals surface area contributed by atoms with E-state index >= 15 is 0 Å². The second kappa shape index (κ2) is 6.24. The fraction of sp³-hybridized carbons (Fsp3) is 0.0769. The first kappa shape index (κ1) is 14.8. The van der Waals surface area contributed by atoms with Crippen LogP contribution in [0.15, 0.2) is 43.9 Å². The molecule has 0 bridgehead atoms. The average Bonchev–Trinajstić information content (AvgIpc) is 2.33. The summed E-state index contributed by atoms with van der Waals surface area (Å²) in [5, 5.41) is 0. The van der Waals surface area contributed by atoms with Crippen molar-refractivity contribution >= 4 is 53.6 Å². The Bertz CT molecular complexity index is 646. The van der Waals surface area contributed by atoms with Crippen LogP contribution in [0.25, 0.3) is 0 Å². The standard InChI is InChI=1S/C13H7Br3FNO/c14-8-5-11(16)13(18-6-8)12(19)4-7-3-9(17)1-2-10(7)15/h1-3,5-6H,4H2. The molecular formula is C13H7Br3FNO. The van der Waals surface area contributed by atoms with Crippen LogP contribution in [-0.4, -0.2) is 10.8 Å². The quantitative estimate of drug-likeness (QED) is 0.619. The molecule has 0 radical (unpaired) electrons. The summed E-state index contributed by atoms with van der Waals surface area (Å²) in [5.74, 6) is -0.542. The molecule has 1 aromatic heterocycles. The summed E-state index contributed by atoms with van der Waals surface area (Å²) in [6.07, 6.45) is 1.64. The lowest BCUT2D eigenvalue weighted by atomic mass is 10.1. The topological polar surface area (TPSA) is 30.0 Å².